The number of aromatic nitrogens is 5. The lowest BCUT2D eigenvalue weighted by Crippen LogP contribution is -2.54. The average Bonchev–Trinajstić information content (AvgIpc) is 3.94. The summed E-state index contributed by atoms with van der Waals surface area (Å²) in [6.07, 6.45) is 10.5. The van der Waals surface area contributed by atoms with E-state index in [1.807, 2.05) is 10.9 Å². The minimum absolute atomic E-state index is 0.000800. The number of aryl methyl sites for hydroxylation is 2. The minimum atomic E-state index is -1.03. The number of ether oxygens (including phenoxy) is 1. The summed E-state index contributed by atoms with van der Waals surface area (Å²) in [7, 11) is 0. The molecular formula is C40H44Cl2N10O7. The predicted octanol–water partition coefficient (Wildman–Crippen LogP) is 4.43. The number of H-pyrrole nitrogens is 1. The van der Waals surface area contributed by atoms with E-state index in [0.717, 1.165) is 75.2 Å². The maximum Gasteiger partial charge on any atom is 0.271 e. The fraction of sp³-hybridized carbons (Fsp3) is 0.425. The van der Waals surface area contributed by atoms with Crippen LogP contribution in [-0.4, -0.2) is 109 Å². The number of hydrogen-bond donors (Lipinski definition) is 4. The summed E-state index contributed by atoms with van der Waals surface area (Å²) in [6, 6.07) is 8.57. The highest BCUT2D eigenvalue weighted by atomic mass is 35.5. The zero-order chi connectivity index (χ0) is 41.5. The molecule has 2 aromatic heterocycles. The van der Waals surface area contributed by atoms with Crippen molar-refractivity contribution in [3.8, 4) is 5.75 Å². The summed E-state index contributed by atoms with van der Waals surface area (Å²) >= 11 is 12.3. The first-order valence-electron chi connectivity index (χ1n) is 19.8. The van der Waals surface area contributed by atoms with Crippen LogP contribution in [0, 0.1) is 0 Å². The number of piperidine rings is 2. The van der Waals surface area contributed by atoms with Crippen molar-refractivity contribution < 1.29 is 33.5 Å². The van der Waals surface area contributed by atoms with Crippen molar-refractivity contribution in [1.29, 1.82) is 0 Å². The number of anilines is 1. The number of halogens is 2. The van der Waals surface area contributed by atoms with E-state index in [1.165, 1.54) is 6.20 Å². The van der Waals surface area contributed by atoms with Gasteiger partial charge in [-0.3, -0.25) is 48.8 Å². The number of carbonyl (C=O) groups is 6. The van der Waals surface area contributed by atoms with E-state index < -0.39 is 35.6 Å². The zero-order valence-corrected chi connectivity index (χ0v) is 33.7. The molecule has 1 atom stereocenters. The number of hydrogen-bond acceptors (Lipinski definition) is 11. The summed E-state index contributed by atoms with van der Waals surface area (Å²) in [6.45, 7) is 3.69. The van der Waals surface area contributed by atoms with Crippen molar-refractivity contribution in [2.75, 3.05) is 31.6 Å². The molecule has 6 amide bonds. The molecule has 2 saturated heterocycles. The number of unbranched alkanes of at least 4 members (excludes halogenated alkanes) is 3. The molecule has 0 spiro atoms. The van der Waals surface area contributed by atoms with Gasteiger partial charge in [0, 0.05) is 38.3 Å². The van der Waals surface area contributed by atoms with E-state index in [4.69, 9.17) is 27.9 Å². The molecule has 0 aliphatic carbocycles. The van der Waals surface area contributed by atoms with E-state index in [0.29, 0.717) is 25.3 Å². The lowest BCUT2D eigenvalue weighted by atomic mass is 10.0. The molecule has 17 nitrogen and oxygen atoms in total. The van der Waals surface area contributed by atoms with Crippen LogP contribution in [0.4, 0.5) is 5.69 Å². The molecule has 1 unspecified atom stereocenters. The fourth-order valence-corrected chi connectivity index (χ4v) is 8.12. The van der Waals surface area contributed by atoms with Gasteiger partial charge in [-0.2, -0.15) is 5.10 Å². The molecule has 2 aromatic carbocycles. The van der Waals surface area contributed by atoms with Gasteiger partial charge >= 0.3 is 0 Å². The summed E-state index contributed by atoms with van der Waals surface area (Å²) in [5.41, 5.74) is 1.78. The number of aromatic amines is 1. The highest BCUT2D eigenvalue weighted by Gasteiger charge is 2.46. The van der Waals surface area contributed by atoms with E-state index in [2.05, 4.69) is 41.4 Å². The molecule has 2 fully saturated rings. The topological polar surface area (TPSA) is 214 Å². The number of benzene rings is 2. The number of fused-ring (bicyclic) bond motifs is 1. The number of likely N-dealkylation sites (tertiary alicyclic amines) is 1. The number of imide groups is 2. The zero-order valence-electron chi connectivity index (χ0n) is 32.2. The molecule has 3 aliphatic heterocycles. The Morgan fingerprint density at radius 3 is 2.42 bits per heavy atom. The maximum absolute atomic E-state index is 13.3. The van der Waals surface area contributed by atoms with Crippen LogP contribution < -0.4 is 20.7 Å². The van der Waals surface area contributed by atoms with Crippen LogP contribution >= 0.6 is 23.2 Å². The number of rotatable bonds is 17. The van der Waals surface area contributed by atoms with Gasteiger partial charge in [-0.15, -0.1) is 5.10 Å². The van der Waals surface area contributed by atoms with Crippen molar-refractivity contribution in [3.05, 3.63) is 86.9 Å². The molecule has 4 aromatic rings. The molecule has 0 saturated carbocycles. The SMILES string of the molecule is O=C1CCC(N2C(=O)c3cccc(OCCCCn4cc(CCCCCN5CCC(NC(=O)c6[nH]ncc6NC(=O)c6c(Cl)cccc6Cl)CC5)nn4)c3C2=O)C(=O)N1. The molecule has 7 rings (SSSR count). The largest absolute Gasteiger partial charge is 0.493 e. The Bertz CT molecular complexity index is 2210. The van der Waals surface area contributed by atoms with Crippen molar-refractivity contribution in [2.24, 2.45) is 0 Å². The molecule has 4 N–H and O–H groups in total. The monoisotopic (exact) mass is 846 g/mol. The van der Waals surface area contributed by atoms with Crippen LogP contribution in [0.1, 0.15) is 105 Å². The van der Waals surface area contributed by atoms with E-state index in [9.17, 15) is 28.8 Å². The van der Waals surface area contributed by atoms with Crippen LogP contribution in [0.15, 0.2) is 48.8 Å². The number of carbonyl (C=O) groups excluding carboxylic acids is 6. The Labute approximate surface area is 349 Å². The van der Waals surface area contributed by atoms with Crippen LogP contribution in [0.25, 0.3) is 0 Å². The second-order valence-corrected chi connectivity index (χ2v) is 15.6. The summed E-state index contributed by atoms with van der Waals surface area (Å²) in [5.74, 6) is -2.83. The first-order chi connectivity index (χ1) is 28.6. The van der Waals surface area contributed by atoms with Crippen molar-refractivity contribution >= 4 is 64.3 Å². The summed E-state index contributed by atoms with van der Waals surface area (Å²) in [5, 5.41) is 23.6. The molecule has 0 bridgehead atoms. The normalized spacial score (nSPS) is 17.3. The van der Waals surface area contributed by atoms with Crippen molar-refractivity contribution in [1.82, 2.24) is 45.6 Å². The average molecular weight is 848 g/mol. The fourth-order valence-electron chi connectivity index (χ4n) is 7.55. The third-order valence-corrected chi connectivity index (χ3v) is 11.3. The summed E-state index contributed by atoms with van der Waals surface area (Å²) < 4.78 is 7.75. The number of amides is 6. The Morgan fingerprint density at radius 2 is 1.64 bits per heavy atom. The van der Waals surface area contributed by atoms with Gasteiger partial charge < -0.3 is 20.3 Å². The van der Waals surface area contributed by atoms with Crippen LogP contribution in [0.2, 0.25) is 10.0 Å². The van der Waals surface area contributed by atoms with E-state index in [1.54, 1.807) is 36.4 Å². The minimum Gasteiger partial charge on any atom is -0.493 e. The van der Waals surface area contributed by atoms with Gasteiger partial charge in [0.25, 0.3) is 23.6 Å². The van der Waals surface area contributed by atoms with Crippen LogP contribution in [0.5, 0.6) is 5.75 Å². The van der Waals surface area contributed by atoms with Gasteiger partial charge in [0.2, 0.25) is 11.8 Å². The van der Waals surface area contributed by atoms with Crippen molar-refractivity contribution in [3.63, 3.8) is 0 Å². The second kappa shape index (κ2) is 18.9. The number of nitrogens with zero attached hydrogens (tertiary/aromatic N) is 6. The Morgan fingerprint density at radius 1 is 0.881 bits per heavy atom. The maximum atomic E-state index is 13.3. The van der Waals surface area contributed by atoms with Crippen LogP contribution in [0.3, 0.4) is 0 Å². The Kier molecular flexibility index (Phi) is 13.3. The van der Waals surface area contributed by atoms with E-state index in [-0.39, 0.29) is 62.9 Å². The molecule has 19 heteroatoms. The van der Waals surface area contributed by atoms with Gasteiger partial charge in [0.1, 0.15) is 17.5 Å². The predicted molar refractivity (Wildman–Crippen MR) is 215 cm³/mol. The second-order valence-electron chi connectivity index (χ2n) is 14.8. The quantitative estimate of drug-likeness (QED) is 0.0862. The first-order valence-corrected chi connectivity index (χ1v) is 20.5. The highest BCUT2D eigenvalue weighted by Crippen LogP contribution is 2.34. The lowest BCUT2D eigenvalue weighted by Gasteiger charge is -2.32. The first kappa shape index (κ1) is 41.5. The van der Waals surface area contributed by atoms with Gasteiger partial charge in [-0.25, -0.2) is 0 Å². The lowest BCUT2D eigenvalue weighted by molar-refractivity contribution is -0.136. The summed E-state index contributed by atoms with van der Waals surface area (Å²) in [4.78, 5) is 79.5. The molecule has 0 radical (unpaired) electrons. The Hall–Kier alpha value is -5.65. The van der Waals surface area contributed by atoms with Crippen molar-refractivity contribution in [2.45, 2.75) is 82.8 Å². The standard InChI is InChI=1S/C40H44Cl2N10O7/c41-27-10-7-11-28(42)34(27)37(55)45-29-22-43-48-35(29)38(56)44-24-15-19-50(20-16-24)17-3-1-2-8-25-23-51(49-47-25)18-4-5-21-59-31-12-6-9-26-33(31)40(58)52(39(26)57)30-13-14-32(53)46-36(30)54/h6-7,9-12,22-24,30H,1-5,8,13-21H2,(H,43,48)(H,44,56)(H,45,55)(H,46,53,54). The van der Waals surface area contributed by atoms with Gasteiger partial charge in [-0.1, -0.05) is 47.0 Å². The third-order valence-electron chi connectivity index (χ3n) is 10.7. The highest BCUT2D eigenvalue weighted by molar-refractivity contribution is 6.40. The molecule has 3 aliphatic rings. The van der Waals surface area contributed by atoms with Crippen LogP contribution in [-0.2, 0) is 22.6 Å². The molecular weight excluding hydrogens is 803 g/mol. The molecule has 5 heterocycles. The molecule has 59 heavy (non-hydrogen) atoms. The third kappa shape index (κ3) is 9.80. The van der Waals surface area contributed by atoms with E-state index >= 15 is 0 Å². The van der Waals surface area contributed by atoms with Gasteiger partial charge in [0.15, 0.2) is 0 Å². The van der Waals surface area contributed by atoms with Gasteiger partial charge in [0.05, 0.1) is 50.9 Å². The molecule has 310 valence electrons. The smallest absolute Gasteiger partial charge is 0.271 e. The van der Waals surface area contributed by atoms with Gasteiger partial charge in [-0.05, 0) is 82.2 Å². The number of nitrogens with one attached hydrogen (secondary N) is 4. The Balaban J connectivity index is 0.755.